The topological polar surface area (TPSA) is 67.2 Å². The Morgan fingerprint density at radius 3 is 2.71 bits per heavy atom. The molecule has 28 heavy (non-hydrogen) atoms. The van der Waals surface area contributed by atoms with Gasteiger partial charge in [-0.25, -0.2) is 0 Å². The Labute approximate surface area is 168 Å². The number of nitriles is 1. The molecule has 0 heterocycles. The van der Waals surface area contributed by atoms with Crippen molar-refractivity contribution in [3.05, 3.63) is 0 Å². The van der Waals surface area contributed by atoms with Crippen LogP contribution < -0.4 is 0 Å². The van der Waals surface area contributed by atoms with Gasteiger partial charge in [0.25, 0.3) is 0 Å². The van der Waals surface area contributed by atoms with Crippen LogP contribution in [0.3, 0.4) is 0 Å². The Balaban J connectivity index is 1.53. The molecule has 0 amide bonds. The summed E-state index contributed by atoms with van der Waals surface area (Å²) < 4.78 is 5.92. The fourth-order valence-corrected chi connectivity index (χ4v) is 9.00. The van der Waals surface area contributed by atoms with Gasteiger partial charge in [0.05, 0.1) is 11.5 Å². The van der Waals surface area contributed by atoms with Gasteiger partial charge in [0.2, 0.25) is 0 Å². The second-order valence-corrected chi connectivity index (χ2v) is 11.0. The van der Waals surface area contributed by atoms with Gasteiger partial charge in [-0.3, -0.25) is 9.59 Å². The number of rotatable bonds is 2. The number of ketones is 1. The summed E-state index contributed by atoms with van der Waals surface area (Å²) in [6.07, 6.45) is 8.20. The van der Waals surface area contributed by atoms with E-state index < -0.39 is 5.41 Å². The summed E-state index contributed by atoms with van der Waals surface area (Å²) in [5, 5.41) is 10.3. The molecule has 0 radical (unpaired) electrons. The predicted octanol–water partition coefficient (Wildman–Crippen LogP) is 4.67. The van der Waals surface area contributed by atoms with Gasteiger partial charge >= 0.3 is 5.97 Å². The van der Waals surface area contributed by atoms with Gasteiger partial charge in [0.1, 0.15) is 11.9 Å². The number of carbonyl (C=O) groups is 2. The summed E-state index contributed by atoms with van der Waals surface area (Å²) in [5.41, 5.74) is -0.387. The maximum Gasteiger partial charge on any atom is 0.305 e. The van der Waals surface area contributed by atoms with Gasteiger partial charge in [0, 0.05) is 24.2 Å². The van der Waals surface area contributed by atoms with E-state index in [1.807, 2.05) is 6.92 Å². The van der Waals surface area contributed by atoms with Gasteiger partial charge in [-0.1, -0.05) is 20.8 Å². The van der Waals surface area contributed by atoms with Crippen LogP contribution in [0.15, 0.2) is 0 Å². The highest BCUT2D eigenvalue weighted by Gasteiger charge is 2.73. The van der Waals surface area contributed by atoms with E-state index in [1.165, 1.54) is 0 Å². The number of Topliss-reactive ketones (excluding diaryl/α,β-unsaturated/α-hetero) is 1. The van der Waals surface area contributed by atoms with Crippen molar-refractivity contribution in [1.29, 1.82) is 5.26 Å². The molecule has 9 atom stereocenters. The van der Waals surface area contributed by atoms with E-state index >= 15 is 0 Å². The van der Waals surface area contributed by atoms with Crippen LogP contribution in [0.5, 0.6) is 0 Å². The Hall–Kier alpha value is -1.37. The molecule has 5 rings (SSSR count). The highest BCUT2D eigenvalue weighted by molar-refractivity contribution is 5.84. The predicted molar refractivity (Wildman–Crippen MR) is 104 cm³/mol. The van der Waals surface area contributed by atoms with Crippen molar-refractivity contribution in [2.75, 3.05) is 0 Å². The Morgan fingerprint density at radius 2 is 2.00 bits per heavy atom. The molecular weight excluding hydrogens is 350 g/mol. The van der Waals surface area contributed by atoms with Crippen LogP contribution in [-0.2, 0) is 14.3 Å². The van der Waals surface area contributed by atoms with E-state index in [9.17, 15) is 14.9 Å². The molecule has 0 aromatic rings. The normalized spacial score (nSPS) is 53.9. The van der Waals surface area contributed by atoms with Gasteiger partial charge in [-0.2, -0.15) is 5.26 Å². The highest BCUT2D eigenvalue weighted by Crippen LogP contribution is 2.76. The number of carbonyl (C=O) groups excluding carboxylic acids is 2. The quantitative estimate of drug-likeness (QED) is 0.650. The summed E-state index contributed by atoms with van der Waals surface area (Å²) in [7, 11) is 0. The lowest BCUT2D eigenvalue weighted by Gasteiger charge is -2.62. The van der Waals surface area contributed by atoms with Crippen LogP contribution >= 0.6 is 0 Å². The second-order valence-electron chi connectivity index (χ2n) is 11.0. The average Bonchev–Trinajstić information content (AvgIpc) is 3.23. The lowest BCUT2D eigenvalue weighted by molar-refractivity contribution is -0.171. The summed E-state index contributed by atoms with van der Waals surface area (Å²) >= 11 is 0. The molecule has 0 aliphatic heterocycles. The van der Waals surface area contributed by atoms with Crippen molar-refractivity contribution >= 4 is 11.8 Å². The van der Waals surface area contributed by atoms with Crippen molar-refractivity contribution in [3.63, 3.8) is 0 Å². The van der Waals surface area contributed by atoms with Gasteiger partial charge in [-0.15, -0.1) is 0 Å². The highest BCUT2D eigenvalue weighted by atomic mass is 16.5. The van der Waals surface area contributed by atoms with E-state index in [0.29, 0.717) is 42.3 Å². The standard InChI is InChI=1S/C24H33NO3/c1-4-20(27)28-19-6-5-15-21-14-11-17-18(26)8-10-23(3,24(17,12-14)13-25)16(21)7-9-22(15,19)2/h14-17,19,21H,4-12H2,1-3H3/t14-,15?,16?,17-,19+,21?,22?,23?,24+/m1/s1. The van der Waals surface area contributed by atoms with Crippen LogP contribution in [0.4, 0.5) is 0 Å². The second kappa shape index (κ2) is 5.83. The first-order valence-electron chi connectivity index (χ1n) is 11.4. The Morgan fingerprint density at radius 1 is 1.21 bits per heavy atom. The summed E-state index contributed by atoms with van der Waals surface area (Å²) in [5.74, 6) is 2.44. The van der Waals surface area contributed by atoms with E-state index in [2.05, 4.69) is 19.9 Å². The molecule has 5 unspecified atom stereocenters. The van der Waals surface area contributed by atoms with Gasteiger partial charge < -0.3 is 4.74 Å². The largest absolute Gasteiger partial charge is 0.462 e. The fourth-order valence-electron chi connectivity index (χ4n) is 9.00. The average molecular weight is 384 g/mol. The zero-order valence-electron chi connectivity index (χ0n) is 17.5. The molecule has 2 bridgehead atoms. The lowest BCUT2D eigenvalue weighted by atomic mass is 9.40. The first-order valence-corrected chi connectivity index (χ1v) is 11.4. The zero-order valence-corrected chi connectivity index (χ0v) is 17.5. The molecule has 0 aromatic carbocycles. The van der Waals surface area contributed by atoms with Crippen LogP contribution in [0.2, 0.25) is 0 Å². The molecule has 0 spiro atoms. The van der Waals surface area contributed by atoms with Crippen LogP contribution in [0, 0.1) is 57.2 Å². The third-order valence-corrected chi connectivity index (χ3v) is 10.4. The Bertz CT molecular complexity index is 770. The third kappa shape index (κ3) is 2.01. The number of fused-ring (bicyclic) bond motifs is 6. The minimum Gasteiger partial charge on any atom is -0.462 e. The molecule has 5 saturated carbocycles. The maximum absolute atomic E-state index is 12.8. The maximum atomic E-state index is 12.8. The molecule has 5 fully saturated rings. The molecule has 5 aliphatic carbocycles. The van der Waals surface area contributed by atoms with Gasteiger partial charge in [-0.05, 0) is 74.0 Å². The van der Waals surface area contributed by atoms with Crippen molar-refractivity contribution in [2.24, 2.45) is 45.8 Å². The molecule has 0 N–H and O–H groups in total. The summed E-state index contributed by atoms with van der Waals surface area (Å²) in [6.45, 7) is 6.57. The first kappa shape index (κ1) is 18.6. The van der Waals surface area contributed by atoms with Crippen molar-refractivity contribution in [3.8, 4) is 6.07 Å². The summed E-state index contributed by atoms with van der Waals surface area (Å²) in [6, 6.07) is 2.74. The molecule has 5 aliphatic rings. The third-order valence-electron chi connectivity index (χ3n) is 10.4. The molecule has 0 aromatic heterocycles. The Kier molecular flexibility index (Phi) is 3.88. The zero-order chi connectivity index (χ0) is 19.9. The molecular formula is C24H33NO3. The number of nitrogens with zero attached hydrogens (tertiary/aromatic N) is 1. The number of esters is 1. The SMILES string of the molecule is CCC(=O)O[C@H]1CCC2C3C(CCC21C)C1(C)CCC(=O)[C@H]2C[C@@H]3C[C@]21C#N. The number of ether oxygens (including phenoxy) is 1. The smallest absolute Gasteiger partial charge is 0.305 e. The molecule has 4 heteroatoms. The lowest BCUT2D eigenvalue weighted by Crippen LogP contribution is -2.59. The van der Waals surface area contributed by atoms with E-state index in [4.69, 9.17) is 4.74 Å². The van der Waals surface area contributed by atoms with Gasteiger partial charge in [0.15, 0.2) is 0 Å². The minimum atomic E-state index is -0.422. The molecule has 152 valence electrons. The van der Waals surface area contributed by atoms with Crippen LogP contribution in [-0.4, -0.2) is 17.9 Å². The monoisotopic (exact) mass is 383 g/mol. The molecule has 0 saturated heterocycles. The minimum absolute atomic E-state index is 0.0303. The summed E-state index contributed by atoms with van der Waals surface area (Å²) in [4.78, 5) is 24.8. The van der Waals surface area contributed by atoms with Crippen molar-refractivity contribution in [2.45, 2.75) is 84.7 Å². The van der Waals surface area contributed by atoms with Crippen LogP contribution in [0.1, 0.15) is 78.6 Å². The van der Waals surface area contributed by atoms with E-state index in [-0.39, 0.29) is 28.8 Å². The fraction of sp³-hybridized carbons (Fsp3) is 0.875. The van der Waals surface area contributed by atoms with E-state index in [0.717, 1.165) is 44.9 Å². The van der Waals surface area contributed by atoms with Crippen molar-refractivity contribution in [1.82, 2.24) is 0 Å². The van der Waals surface area contributed by atoms with Crippen LogP contribution in [0.25, 0.3) is 0 Å². The number of hydrogen-bond donors (Lipinski definition) is 0. The van der Waals surface area contributed by atoms with E-state index in [1.54, 1.807) is 0 Å². The first-order chi connectivity index (χ1) is 13.3. The number of hydrogen-bond acceptors (Lipinski definition) is 4. The van der Waals surface area contributed by atoms with Crippen molar-refractivity contribution < 1.29 is 14.3 Å². The molecule has 4 nitrogen and oxygen atoms in total.